The summed E-state index contributed by atoms with van der Waals surface area (Å²) in [5.74, 6) is 0.0661. The number of nitrogens with zero attached hydrogens (tertiary/aromatic N) is 1. The van der Waals surface area contributed by atoms with Crippen LogP contribution in [0.3, 0.4) is 0 Å². The molecule has 0 bridgehead atoms. The molecule has 0 aliphatic heterocycles. The Bertz CT molecular complexity index is 287. The van der Waals surface area contributed by atoms with Crippen LogP contribution in [0.1, 0.15) is 18.5 Å². The van der Waals surface area contributed by atoms with E-state index in [0.717, 1.165) is 18.5 Å². The lowest BCUT2D eigenvalue weighted by Gasteiger charge is -2.03. The summed E-state index contributed by atoms with van der Waals surface area (Å²) in [6.45, 7) is 1.20. The minimum Gasteiger partial charge on any atom is -0.356 e. The minimum atomic E-state index is 0.0661. The van der Waals surface area contributed by atoms with Crippen LogP contribution in [0, 0.1) is 0 Å². The van der Waals surface area contributed by atoms with E-state index in [0.29, 0.717) is 19.5 Å². The number of pyridine rings is 1. The van der Waals surface area contributed by atoms with Gasteiger partial charge in [-0.15, -0.1) is 0 Å². The number of rotatable bonds is 6. The van der Waals surface area contributed by atoms with Gasteiger partial charge in [-0.3, -0.25) is 9.78 Å². The van der Waals surface area contributed by atoms with Gasteiger partial charge in [0, 0.05) is 31.3 Å². The molecule has 1 aromatic heterocycles. The van der Waals surface area contributed by atoms with Crippen LogP contribution in [0.15, 0.2) is 24.4 Å². The van der Waals surface area contributed by atoms with E-state index < -0.39 is 0 Å². The number of hydrogen-bond donors (Lipinski definition) is 2. The molecule has 15 heavy (non-hydrogen) atoms. The molecule has 0 aliphatic rings. The van der Waals surface area contributed by atoms with Gasteiger partial charge in [-0.25, -0.2) is 0 Å². The molecule has 0 unspecified atom stereocenters. The molecule has 1 rings (SSSR count). The predicted molar refractivity (Wildman–Crippen MR) is 59.2 cm³/mol. The Balaban J connectivity index is 2.14. The van der Waals surface area contributed by atoms with Gasteiger partial charge in [0.25, 0.3) is 0 Å². The van der Waals surface area contributed by atoms with E-state index in [9.17, 15) is 4.79 Å². The summed E-state index contributed by atoms with van der Waals surface area (Å²) >= 11 is 0. The maximum atomic E-state index is 11.2. The van der Waals surface area contributed by atoms with Gasteiger partial charge in [0.15, 0.2) is 0 Å². The van der Waals surface area contributed by atoms with Crippen molar-refractivity contribution in [2.75, 3.05) is 13.1 Å². The Morgan fingerprint density at radius 1 is 1.47 bits per heavy atom. The van der Waals surface area contributed by atoms with Gasteiger partial charge in [0.05, 0.1) is 0 Å². The van der Waals surface area contributed by atoms with Crippen molar-refractivity contribution in [3.8, 4) is 0 Å². The van der Waals surface area contributed by atoms with Crippen LogP contribution in [0.25, 0.3) is 0 Å². The molecular weight excluding hydrogens is 190 g/mol. The highest BCUT2D eigenvalue weighted by molar-refractivity contribution is 5.75. The highest BCUT2D eigenvalue weighted by atomic mass is 16.1. The third kappa shape index (κ3) is 5.12. The average molecular weight is 207 g/mol. The molecule has 0 atom stereocenters. The SMILES string of the molecule is NCCCC(=O)NCCc1ccccn1. The molecule has 0 fully saturated rings. The van der Waals surface area contributed by atoms with Gasteiger partial charge < -0.3 is 11.1 Å². The summed E-state index contributed by atoms with van der Waals surface area (Å²) in [5.41, 5.74) is 6.30. The molecule has 0 aliphatic carbocycles. The number of carbonyl (C=O) groups is 1. The highest BCUT2D eigenvalue weighted by Crippen LogP contribution is 1.93. The molecule has 0 spiro atoms. The average Bonchev–Trinajstić information content (AvgIpc) is 2.28. The van der Waals surface area contributed by atoms with E-state index in [1.54, 1.807) is 6.20 Å². The Labute approximate surface area is 89.9 Å². The normalized spacial score (nSPS) is 9.93. The molecule has 4 heteroatoms. The van der Waals surface area contributed by atoms with Gasteiger partial charge in [0.1, 0.15) is 0 Å². The standard InChI is InChI=1S/C11H17N3O/c12-7-3-5-11(15)14-9-6-10-4-1-2-8-13-10/h1-2,4,8H,3,5-7,9,12H2,(H,14,15). The van der Waals surface area contributed by atoms with E-state index in [4.69, 9.17) is 5.73 Å². The van der Waals surface area contributed by atoms with Gasteiger partial charge in [0.2, 0.25) is 5.91 Å². The fourth-order valence-corrected chi connectivity index (χ4v) is 1.23. The summed E-state index contributed by atoms with van der Waals surface area (Å²) in [6, 6.07) is 5.77. The summed E-state index contributed by atoms with van der Waals surface area (Å²) in [4.78, 5) is 15.4. The zero-order valence-electron chi connectivity index (χ0n) is 8.78. The van der Waals surface area contributed by atoms with Crippen molar-refractivity contribution in [3.63, 3.8) is 0 Å². The first-order valence-electron chi connectivity index (χ1n) is 5.19. The second kappa shape index (κ2) is 6.95. The number of aromatic nitrogens is 1. The molecular formula is C11H17N3O. The number of nitrogens with two attached hydrogens (primary N) is 1. The molecule has 0 radical (unpaired) electrons. The second-order valence-electron chi connectivity index (χ2n) is 3.31. The Hall–Kier alpha value is -1.42. The summed E-state index contributed by atoms with van der Waals surface area (Å²) < 4.78 is 0. The van der Waals surface area contributed by atoms with Crippen molar-refractivity contribution in [1.82, 2.24) is 10.3 Å². The molecule has 0 aromatic carbocycles. The summed E-state index contributed by atoms with van der Waals surface area (Å²) in [7, 11) is 0. The topological polar surface area (TPSA) is 68.0 Å². The second-order valence-corrected chi connectivity index (χ2v) is 3.31. The lowest BCUT2D eigenvalue weighted by Crippen LogP contribution is -2.26. The van der Waals surface area contributed by atoms with Crippen LogP contribution in [-0.2, 0) is 11.2 Å². The molecule has 1 aromatic rings. The fourth-order valence-electron chi connectivity index (χ4n) is 1.23. The largest absolute Gasteiger partial charge is 0.356 e. The van der Waals surface area contributed by atoms with E-state index in [-0.39, 0.29) is 5.91 Å². The smallest absolute Gasteiger partial charge is 0.220 e. The van der Waals surface area contributed by atoms with Gasteiger partial charge in [-0.2, -0.15) is 0 Å². The molecule has 82 valence electrons. The van der Waals surface area contributed by atoms with E-state index >= 15 is 0 Å². The first-order chi connectivity index (χ1) is 7.33. The van der Waals surface area contributed by atoms with Gasteiger partial charge >= 0.3 is 0 Å². The van der Waals surface area contributed by atoms with Crippen LogP contribution >= 0.6 is 0 Å². The Morgan fingerprint density at radius 3 is 3.00 bits per heavy atom. The van der Waals surface area contributed by atoms with Crippen molar-refractivity contribution in [2.24, 2.45) is 5.73 Å². The summed E-state index contributed by atoms with van der Waals surface area (Å²) in [6.07, 6.45) is 3.79. The predicted octanol–water partition coefficient (Wildman–Crippen LogP) is 0.479. The fraction of sp³-hybridized carbons (Fsp3) is 0.455. The van der Waals surface area contributed by atoms with Crippen LogP contribution in [0.2, 0.25) is 0 Å². The van der Waals surface area contributed by atoms with Crippen molar-refractivity contribution in [3.05, 3.63) is 30.1 Å². The lowest BCUT2D eigenvalue weighted by atomic mass is 10.2. The first-order valence-corrected chi connectivity index (χ1v) is 5.19. The minimum absolute atomic E-state index is 0.0661. The van der Waals surface area contributed by atoms with Gasteiger partial charge in [-0.05, 0) is 25.1 Å². The highest BCUT2D eigenvalue weighted by Gasteiger charge is 1.99. The molecule has 0 saturated carbocycles. The zero-order valence-corrected chi connectivity index (χ0v) is 8.78. The van der Waals surface area contributed by atoms with Crippen molar-refractivity contribution >= 4 is 5.91 Å². The quantitative estimate of drug-likeness (QED) is 0.713. The van der Waals surface area contributed by atoms with Crippen LogP contribution in [0.5, 0.6) is 0 Å². The Kier molecular flexibility index (Phi) is 5.40. The molecule has 3 N–H and O–H groups in total. The van der Waals surface area contributed by atoms with Crippen LogP contribution < -0.4 is 11.1 Å². The zero-order chi connectivity index (χ0) is 10.9. The maximum absolute atomic E-state index is 11.2. The first kappa shape index (κ1) is 11.7. The van der Waals surface area contributed by atoms with E-state index in [1.165, 1.54) is 0 Å². The van der Waals surface area contributed by atoms with Crippen molar-refractivity contribution in [1.29, 1.82) is 0 Å². The maximum Gasteiger partial charge on any atom is 0.220 e. The van der Waals surface area contributed by atoms with E-state index in [1.807, 2.05) is 18.2 Å². The number of nitrogens with one attached hydrogen (secondary N) is 1. The third-order valence-electron chi connectivity index (χ3n) is 2.04. The monoisotopic (exact) mass is 207 g/mol. The summed E-state index contributed by atoms with van der Waals surface area (Å²) in [5, 5.41) is 2.83. The van der Waals surface area contributed by atoms with Gasteiger partial charge in [-0.1, -0.05) is 6.07 Å². The molecule has 1 amide bonds. The Morgan fingerprint density at radius 2 is 2.33 bits per heavy atom. The van der Waals surface area contributed by atoms with Crippen molar-refractivity contribution in [2.45, 2.75) is 19.3 Å². The van der Waals surface area contributed by atoms with Crippen molar-refractivity contribution < 1.29 is 4.79 Å². The molecule has 1 heterocycles. The number of amides is 1. The number of carbonyl (C=O) groups excluding carboxylic acids is 1. The van der Waals surface area contributed by atoms with E-state index in [2.05, 4.69) is 10.3 Å². The van der Waals surface area contributed by atoms with Crippen LogP contribution in [-0.4, -0.2) is 24.0 Å². The van der Waals surface area contributed by atoms with Crippen LogP contribution in [0.4, 0.5) is 0 Å². The third-order valence-corrected chi connectivity index (χ3v) is 2.04. The number of hydrogen-bond acceptors (Lipinski definition) is 3. The molecule has 4 nitrogen and oxygen atoms in total. The lowest BCUT2D eigenvalue weighted by molar-refractivity contribution is -0.121. The molecule has 0 saturated heterocycles.